The number of methoxy groups -OCH3 is 1. The number of hydrogen-bond acceptors (Lipinski definition) is 5. The van der Waals surface area contributed by atoms with Crippen molar-refractivity contribution in [2.75, 3.05) is 52.3 Å². The molecule has 0 unspecified atom stereocenters. The Hall–Kier alpha value is -3.06. The molecule has 152 valence electrons. The molecule has 0 radical (unpaired) electrons. The standard InChI is InChI=1S/C22H27N5O2/c1-24(2)16-18-21(23-20-10-6-7-11-27(18)20)22(28)26-14-12-25(13-15-26)17-8-4-5-9-19(17)29-3/h4-11H,12-16H2,1-3H3. The van der Waals surface area contributed by atoms with Gasteiger partial charge in [-0.2, -0.15) is 0 Å². The van der Waals surface area contributed by atoms with Crippen molar-refractivity contribution in [1.82, 2.24) is 19.2 Å². The first-order valence-electron chi connectivity index (χ1n) is 9.86. The maximum atomic E-state index is 13.3. The summed E-state index contributed by atoms with van der Waals surface area (Å²) in [6.07, 6.45) is 1.97. The molecular formula is C22H27N5O2. The number of rotatable bonds is 5. The monoisotopic (exact) mass is 393 g/mol. The summed E-state index contributed by atoms with van der Waals surface area (Å²) in [4.78, 5) is 24.2. The average molecular weight is 393 g/mol. The summed E-state index contributed by atoms with van der Waals surface area (Å²) in [5.74, 6) is 0.867. The van der Waals surface area contributed by atoms with Gasteiger partial charge in [0.05, 0.1) is 18.5 Å². The highest BCUT2D eigenvalue weighted by molar-refractivity contribution is 5.94. The fourth-order valence-electron chi connectivity index (χ4n) is 3.86. The van der Waals surface area contributed by atoms with Crippen LogP contribution in [0.1, 0.15) is 16.2 Å². The van der Waals surface area contributed by atoms with Crippen LogP contribution in [0, 0.1) is 0 Å². The van der Waals surface area contributed by atoms with E-state index in [1.54, 1.807) is 7.11 Å². The Balaban J connectivity index is 1.54. The largest absolute Gasteiger partial charge is 0.495 e. The van der Waals surface area contributed by atoms with Gasteiger partial charge >= 0.3 is 0 Å². The number of aromatic nitrogens is 2. The van der Waals surface area contributed by atoms with Gasteiger partial charge in [0.1, 0.15) is 11.4 Å². The third kappa shape index (κ3) is 3.78. The minimum absolute atomic E-state index is 0.00484. The number of benzene rings is 1. The van der Waals surface area contributed by atoms with Crippen molar-refractivity contribution in [2.24, 2.45) is 0 Å². The number of anilines is 1. The second-order valence-corrected chi connectivity index (χ2v) is 7.52. The molecule has 1 aliphatic rings. The maximum absolute atomic E-state index is 13.3. The number of nitrogens with zero attached hydrogens (tertiary/aromatic N) is 5. The molecule has 1 saturated heterocycles. The van der Waals surface area contributed by atoms with Gasteiger partial charge in [0, 0.05) is 38.9 Å². The van der Waals surface area contributed by atoms with Crippen LogP contribution in [0.2, 0.25) is 0 Å². The van der Waals surface area contributed by atoms with Crippen molar-refractivity contribution in [3.63, 3.8) is 0 Å². The second kappa shape index (κ2) is 8.13. The first-order chi connectivity index (χ1) is 14.1. The van der Waals surface area contributed by atoms with Crippen molar-refractivity contribution >= 4 is 17.2 Å². The SMILES string of the molecule is COc1ccccc1N1CCN(C(=O)c2nc3ccccn3c2CN(C)C)CC1. The molecule has 1 fully saturated rings. The van der Waals surface area contributed by atoms with Crippen LogP contribution >= 0.6 is 0 Å². The molecule has 0 bridgehead atoms. The summed E-state index contributed by atoms with van der Waals surface area (Å²) in [7, 11) is 5.69. The van der Waals surface area contributed by atoms with Gasteiger partial charge < -0.3 is 23.8 Å². The Kier molecular flexibility index (Phi) is 5.40. The summed E-state index contributed by atoms with van der Waals surface area (Å²) >= 11 is 0. The van der Waals surface area contributed by atoms with E-state index in [9.17, 15) is 4.79 Å². The van der Waals surface area contributed by atoms with E-state index in [1.165, 1.54) is 0 Å². The van der Waals surface area contributed by atoms with Crippen molar-refractivity contribution in [3.8, 4) is 5.75 Å². The quantitative estimate of drug-likeness (QED) is 0.666. The number of para-hydroxylation sites is 2. The summed E-state index contributed by atoms with van der Waals surface area (Å²) in [5.41, 5.74) is 3.36. The minimum atomic E-state index is 0.00484. The van der Waals surface area contributed by atoms with Crippen molar-refractivity contribution in [3.05, 3.63) is 60.0 Å². The summed E-state index contributed by atoms with van der Waals surface area (Å²) in [6.45, 7) is 3.51. The molecule has 1 amide bonds. The van der Waals surface area contributed by atoms with Gasteiger partial charge in [0.2, 0.25) is 0 Å². The lowest BCUT2D eigenvalue weighted by Gasteiger charge is -2.36. The van der Waals surface area contributed by atoms with Gasteiger partial charge in [0.15, 0.2) is 5.69 Å². The lowest BCUT2D eigenvalue weighted by Crippen LogP contribution is -2.49. The Morgan fingerprint density at radius 3 is 2.52 bits per heavy atom. The number of hydrogen-bond donors (Lipinski definition) is 0. The van der Waals surface area contributed by atoms with E-state index in [4.69, 9.17) is 4.74 Å². The lowest BCUT2D eigenvalue weighted by atomic mass is 10.2. The number of ether oxygens (including phenoxy) is 1. The highest BCUT2D eigenvalue weighted by Gasteiger charge is 2.28. The average Bonchev–Trinajstić information content (AvgIpc) is 3.11. The zero-order valence-electron chi connectivity index (χ0n) is 17.2. The molecule has 7 nitrogen and oxygen atoms in total. The topological polar surface area (TPSA) is 53.3 Å². The van der Waals surface area contributed by atoms with Crippen molar-refractivity contribution < 1.29 is 9.53 Å². The molecule has 0 saturated carbocycles. The zero-order valence-corrected chi connectivity index (χ0v) is 17.2. The van der Waals surface area contributed by atoms with E-state index in [2.05, 4.69) is 20.9 Å². The van der Waals surface area contributed by atoms with Crippen molar-refractivity contribution in [1.29, 1.82) is 0 Å². The molecule has 4 rings (SSSR count). The molecule has 0 N–H and O–H groups in total. The van der Waals surface area contributed by atoms with E-state index >= 15 is 0 Å². The molecule has 3 heterocycles. The van der Waals surface area contributed by atoms with E-state index in [-0.39, 0.29) is 5.91 Å². The van der Waals surface area contributed by atoms with Crippen LogP contribution in [-0.4, -0.2) is 72.5 Å². The molecule has 7 heteroatoms. The Labute approximate surface area is 171 Å². The van der Waals surface area contributed by atoms with Gasteiger partial charge in [-0.05, 0) is 38.4 Å². The summed E-state index contributed by atoms with van der Waals surface area (Å²) in [6, 6.07) is 13.9. The smallest absolute Gasteiger partial charge is 0.274 e. The number of carbonyl (C=O) groups is 1. The maximum Gasteiger partial charge on any atom is 0.274 e. The van der Waals surface area contributed by atoms with Gasteiger partial charge in [-0.15, -0.1) is 0 Å². The Morgan fingerprint density at radius 2 is 1.79 bits per heavy atom. The minimum Gasteiger partial charge on any atom is -0.495 e. The predicted molar refractivity (Wildman–Crippen MR) is 114 cm³/mol. The van der Waals surface area contributed by atoms with Crippen LogP contribution in [0.3, 0.4) is 0 Å². The number of carbonyl (C=O) groups excluding carboxylic acids is 1. The van der Waals surface area contributed by atoms with Gasteiger partial charge in [-0.1, -0.05) is 18.2 Å². The van der Waals surface area contributed by atoms with Crippen LogP contribution in [0.15, 0.2) is 48.7 Å². The van der Waals surface area contributed by atoms with Gasteiger partial charge in [-0.25, -0.2) is 4.98 Å². The lowest BCUT2D eigenvalue weighted by molar-refractivity contribution is 0.0739. The Morgan fingerprint density at radius 1 is 1.07 bits per heavy atom. The van der Waals surface area contributed by atoms with Crippen LogP contribution < -0.4 is 9.64 Å². The number of amides is 1. The number of pyridine rings is 1. The van der Waals surface area contributed by atoms with Crippen LogP contribution in [0.25, 0.3) is 5.65 Å². The number of piperazine rings is 1. The highest BCUT2D eigenvalue weighted by Crippen LogP contribution is 2.28. The van der Waals surface area contributed by atoms with Crippen molar-refractivity contribution in [2.45, 2.75) is 6.54 Å². The molecule has 29 heavy (non-hydrogen) atoms. The zero-order chi connectivity index (χ0) is 20.4. The van der Waals surface area contributed by atoms with Crippen LogP contribution in [0.5, 0.6) is 5.75 Å². The molecule has 3 aromatic rings. The molecule has 2 aromatic heterocycles. The number of fused-ring (bicyclic) bond motifs is 1. The fraction of sp³-hybridized carbons (Fsp3) is 0.364. The van der Waals surface area contributed by atoms with Crippen LogP contribution in [-0.2, 0) is 6.54 Å². The fourth-order valence-corrected chi connectivity index (χ4v) is 3.86. The molecular weight excluding hydrogens is 366 g/mol. The highest BCUT2D eigenvalue weighted by atomic mass is 16.5. The first kappa shape index (κ1) is 19.3. The van der Waals surface area contributed by atoms with Gasteiger partial charge in [-0.3, -0.25) is 4.79 Å². The van der Waals surface area contributed by atoms with E-state index < -0.39 is 0 Å². The van der Waals surface area contributed by atoms with E-state index in [1.807, 2.05) is 66.0 Å². The third-order valence-corrected chi connectivity index (χ3v) is 5.29. The molecule has 1 aromatic carbocycles. The third-order valence-electron chi connectivity index (χ3n) is 5.29. The second-order valence-electron chi connectivity index (χ2n) is 7.52. The predicted octanol–water partition coefficient (Wildman–Crippen LogP) is 2.37. The number of imidazole rings is 1. The van der Waals surface area contributed by atoms with Crippen LogP contribution in [0.4, 0.5) is 5.69 Å². The summed E-state index contributed by atoms with van der Waals surface area (Å²) in [5, 5.41) is 0. The molecule has 1 aliphatic heterocycles. The van der Waals surface area contributed by atoms with E-state index in [0.29, 0.717) is 25.3 Å². The van der Waals surface area contributed by atoms with E-state index in [0.717, 1.165) is 35.9 Å². The normalized spacial score (nSPS) is 14.6. The Bertz CT molecular complexity index is 1010. The first-order valence-corrected chi connectivity index (χ1v) is 9.86. The molecule has 0 spiro atoms. The summed E-state index contributed by atoms with van der Waals surface area (Å²) < 4.78 is 7.50. The van der Waals surface area contributed by atoms with Gasteiger partial charge in [0.25, 0.3) is 5.91 Å². The molecule has 0 aliphatic carbocycles. The molecule has 0 atom stereocenters.